The second-order valence-corrected chi connectivity index (χ2v) is 32.8. The van der Waals surface area contributed by atoms with E-state index in [2.05, 4.69) is 382 Å². The first-order chi connectivity index (χ1) is 51.8. The minimum absolute atomic E-state index is 0.0537. The third kappa shape index (κ3) is 10.7. The SMILES string of the molecule is CC(C)(C)c1ccc2c(c1)c1cc(C(C)(C)C)ccc1n2-c1ccc2c(c1)N(c1c(-c3ccccc3)cc(-c3ccccc3)cc1-c1ccccc1)c1cc(-c3ccccc3)cc3c1B2c1ccc(N2C4CC5CC(C4)CC2C5)cc1N3c1c(-c2ccccc2)cc(-c2ccccc2)cc1-c1ccccc1. The van der Waals surface area contributed by atoms with Gasteiger partial charge in [0.15, 0.2) is 0 Å². The van der Waals surface area contributed by atoms with Crippen LogP contribution in [0.25, 0.3) is 105 Å². The van der Waals surface area contributed by atoms with Gasteiger partial charge < -0.3 is 19.3 Å². The lowest BCUT2D eigenvalue weighted by Crippen LogP contribution is -2.62. The molecule has 0 N–H and O–H groups in total. The molecule has 4 fully saturated rings. The summed E-state index contributed by atoms with van der Waals surface area (Å²) in [7, 11) is 0. The molecule has 2 saturated carbocycles. The highest BCUT2D eigenvalue weighted by Crippen LogP contribution is 2.57. The van der Waals surface area contributed by atoms with Crippen LogP contribution in [0.4, 0.5) is 39.8 Å². The van der Waals surface area contributed by atoms with Gasteiger partial charge in [-0.2, -0.15) is 0 Å². The van der Waals surface area contributed by atoms with Gasteiger partial charge in [-0.05, 0) is 223 Å². The summed E-state index contributed by atoms with van der Waals surface area (Å²) in [5, 5.41) is 2.54. The number of benzene rings is 14. The summed E-state index contributed by atoms with van der Waals surface area (Å²) in [5.74, 6) is 1.63. The number of hydrogen-bond acceptors (Lipinski definition) is 3. The van der Waals surface area contributed by atoms with E-state index in [0.717, 1.165) is 90.3 Å². The molecule has 6 aliphatic rings. The molecule has 0 amide bonds. The van der Waals surface area contributed by atoms with Gasteiger partial charge in [0.05, 0.1) is 22.4 Å². The molecule has 21 rings (SSSR count). The fourth-order valence-electron chi connectivity index (χ4n) is 19.4. The Morgan fingerprint density at radius 1 is 0.283 bits per heavy atom. The predicted octanol–water partition coefficient (Wildman–Crippen LogP) is 24.9. The van der Waals surface area contributed by atoms with E-state index in [9.17, 15) is 0 Å². The van der Waals surface area contributed by atoms with Crippen molar-refractivity contribution < 1.29 is 0 Å². The molecule has 14 aromatic carbocycles. The summed E-state index contributed by atoms with van der Waals surface area (Å²) in [6.45, 7) is 13.8. The van der Waals surface area contributed by atoms with Gasteiger partial charge in [-0.15, -0.1) is 0 Å². The third-order valence-corrected chi connectivity index (χ3v) is 24.3. The van der Waals surface area contributed by atoms with E-state index in [0.29, 0.717) is 12.1 Å². The number of hydrogen-bond donors (Lipinski definition) is 0. The Labute approximate surface area is 624 Å². The highest BCUT2D eigenvalue weighted by Gasteiger charge is 2.50. The third-order valence-electron chi connectivity index (χ3n) is 24.3. The van der Waals surface area contributed by atoms with Crippen LogP contribution in [-0.2, 0) is 10.8 Å². The van der Waals surface area contributed by atoms with E-state index in [4.69, 9.17) is 0 Å². The Morgan fingerprint density at radius 2 is 0.604 bits per heavy atom. The molecule has 106 heavy (non-hydrogen) atoms. The van der Waals surface area contributed by atoms with Crippen LogP contribution >= 0.6 is 0 Å². The molecule has 4 bridgehead atoms. The van der Waals surface area contributed by atoms with Crippen molar-refractivity contribution in [3.8, 4) is 83.6 Å². The normalized spacial score (nSPS) is 17.1. The molecule has 0 unspecified atom stereocenters. The standard InChI is InChI=1S/C101H85BN4/c1-100(2,3)77-42-48-91-87(61-77)88-62-78(101(4,5)6)43-49-92(88)104(91)80-45-47-90-94(64-80)106(99-85(72-38-24-12-25-39-72)57-75(68-30-16-8-17-31-68)58-86(99)73-40-26-13-27-41-73)96-60-76(69-32-18-9-19-33-69)59-95-97(96)102(90)89-46-44-79(103-81-51-65-50-66(53-81)54-82(103)52-65)63-93(89)105(95)98-83(70-34-20-10-21-35-70)55-74(67-28-14-7-15-29-67)56-84(98)71-36-22-11-23-37-71/h7-49,55-66,81-82H,50-54H2,1-6H3. The molecule has 2 saturated heterocycles. The summed E-state index contributed by atoms with van der Waals surface area (Å²) in [6, 6.07) is 124. The van der Waals surface area contributed by atoms with Gasteiger partial charge in [0.25, 0.3) is 6.71 Å². The maximum atomic E-state index is 2.92. The number of rotatable bonds is 11. The summed E-state index contributed by atoms with van der Waals surface area (Å²) in [6.07, 6.45) is 6.49. The lowest BCUT2D eigenvalue weighted by atomic mass is 9.33. The zero-order valence-corrected chi connectivity index (χ0v) is 61.3. The number of fused-ring (bicyclic) bond motifs is 7. The van der Waals surface area contributed by atoms with Crippen LogP contribution in [0, 0.1) is 11.8 Å². The average Bonchev–Trinajstić information content (AvgIpc) is 1.43. The molecule has 5 heteroatoms. The van der Waals surface area contributed by atoms with Crippen LogP contribution in [0.1, 0.15) is 84.8 Å². The quantitative estimate of drug-likeness (QED) is 0.120. The minimum atomic E-state index is -0.210. The van der Waals surface area contributed by atoms with E-state index in [1.807, 2.05) is 0 Å². The molecule has 4 aliphatic heterocycles. The van der Waals surface area contributed by atoms with E-state index in [-0.39, 0.29) is 17.5 Å². The smallest absolute Gasteiger partial charge is 0.252 e. The first-order valence-corrected chi connectivity index (χ1v) is 38.5. The monoisotopic (exact) mass is 1360 g/mol. The van der Waals surface area contributed by atoms with Crippen LogP contribution < -0.4 is 31.1 Å². The lowest BCUT2D eigenvalue weighted by Gasteiger charge is -2.57. The number of nitrogens with zero attached hydrogens (tertiary/aromatic N) is 4. The molecule has 0 radical (unpaired) electrons. The van der Waals surface area contributed by atoms with Crippen molar-refractivity contribution in [3.05, 3.63) is 333 Å². The van der Waals surface area contributed by atoms with E-state index in [1.54, 1.807) is 0 Å². The van der Waals surface area contributed by atoms with E-state index >= 15 is 0 Å². The Kier molecular flexibility index (Phi) is 15.1. The van der Waals surface area contributed by atoms with Gasteiger partial charge in [0.2, 0.25) is 0 Å². The van der Waals surface area contributed by atoms with Crippen molar-refractivity contribution >= 4 is 84.7 Å². The van der Waals surface area contributed by atoms with Gasteiger partial charge >= 0.3 is 0 Å². The summed E-state index contributed by atoms with van der Waals surface area (Å²) in [4.78, 5) is 8.44. The van der Waals surface area contributed by atoms with E-state index in [1.165, 1.54) is 126 Å². The highest BCUT2D eigenvalue weighted by atomic mass is 15.2. The topological polar surface area (TPSA) is 14.7 Å². The second-order valence-electron chi connectivity index (χ2n) is 32.8. The fraction of sp³-hybridized carbons (Fsp3) is 0.168. The Bertz CT molecular complexity index is 5690. The molecule has 1 aromatic heterocycles. The molecule has 15 aromatic rings. The molecule has 512 valence electrons. The fourth-order valence-corrected chi connectivity index (χ4v) is 19.4. The Morgan fingerprint density at radius 3 is 0.953 bits per heavy atom. The van der Waals surface area contributed by atoms with Gasteiger partial charge in [-0.3, -0.25) is 0 Å². The number of anilines is 7. The van der Waals surface area contributed by atoms with Crippen LogP contribution in [0.2, 0.25) is 0 Å². The van der Waals surface area contributed by atoms with Crippen molar-refractivity contribution in [2.24, 2.45) is 11.8 Å². The van der Waals surface area contributed by atoms with Crippen molar-refractivity contribution in [1.29, 1.82) is 0 Å². The lowest BCUT2D eigenvalue weighted by molar-refractivity contribution is 0.0900. The van der Waals surface area contributed by atoms with Crippen LogP contribution in [-0.4, -0.2) is 23.4 Å². The first-order valence-electron chi connectivity index (χ1n) is 38.5. The number of piperidine rings is 2. The predicted molar refractivity (Wildman–Crippen MR) is 450 cm³/mol. The van der Waals surface area contributed by atoms with Crippen molar-refractivity contribution in [2.75, 3.05) is 14.7 Å². The maximum absolute atomic E-state index is 2.92. The maximum Gasteiger partial charge on any atom is 0.252 e. The largest absolute Gasteiger partial charge is 0.365 e. The zero-order valence-electron chi connectivity index (χ0n) is 61.3. The van der Waals surface area contributed by atoms with Gasteiger partial charge in [-0.1, -0.05) is 278 Å². The first kappa shape index (κ1) is 64.0. The Hall–Kier alpha value is -11.7. The van der Waals surface area contributed by atoms with Gasteiger partial charge in [-0.25, -0.2) is 0 Å². The van der Waals surface area contributed by atoms with Crippen molar-refractivity contribution in [1.82, 2.24) is 4.57 Å². The van der Waals surface area contributed by atoms with Gasteiger partial charge in [0.1, 0.15) is 0 Å². The summed E-state index contributed by atoms with van der Waals surface area (Å²) < 4.78 is 2.58. The zero-order chi connectivity index (χ0) is 71.1. The van der Waals surface area contributed by atoms with Crippen molar-refractivity contribution in [2.45, 2.75) is 96.6 Å². The molecule has 0 atom stereocenters. The minimum Gasteiger partial charge on any atom is -0.365 e. The molecule has 4 nitrogen and oxygen atoms in total. The molecule has 5 heterocycles. The molecular formula is C101H85BN4. The number of aromatic nitrogens is 1. The Balaban J connectivity index is 0.953. The summed E-state index contributed by atoms with van der Waals surface area (Å²) in [5.41, 5.74) is 34.4. The second kappa shape index (κ2) is 25.0. The van der Waals surface area contributed by atoms with Crippen LogP contribution in [0.5, 0.6) is 0 Å². The summed E-state index contributed by atoms with van der Waals surface area (Å²) >= 11 is 0. The van der Waals surface area contributed by atoms with Gasteiger partial charge in [0, 0.05) is 79.2 Å². The highest BCUT2D eigenvalue weighted by molar-refractivity contribution is 7.00. The molecule has 0 spiro atoms. The average molecular weight is 1370 g/mol. The van der Waals surface area contributed by atoms with Crippen LogP contribution in [0.3, 0.4) is 0 Å². The molecule has 2 aliphatic carbocycles. The van der Waals surface area contributed by atoms with Crippen LogP contribution in [0.15, 0.2) is 322 Å². The van der Waals surface area contributed by atoms with Crippen molar-refractivity contribution in [3.63, 3.8) is 0 Å². The molecular weight excluding hydrogens is 1280 g/mol. The van der Waals surface area contributed by atoms with E-state index < -0.39 is 0 Å².